The fraction of sp³-hybridized carbons (Fsp3) is 0.385. The number of carbonyl (C=O) groups excluding carboxylic acids is 1. The second-order valence-corrected chi connectivity index (χ2v) is 3.43. The number of methoxy groups -OCH3 is 3. The molecule has 0 spiro atoms. The van der Waals surface area contributed by atoms with Crippen LogP contribution >= 0.6 is 0 Å². The van der Waals surface area contributed by atoms with E-state index in [9.17, 15) is 4.79 Å². The van der Waals surface area contributed by atoms with Crippen molar-refractivity contribution in [2.75, 3.05) is 27.9 Å². The molecule has 6 nitrogen and oxygen atoms in total. The summed E-state index contributed by atoms with van der Waals surface area (Å²) < 4.78 is 15.4. The highest BCUT2D eigenvalue weighted by molar-refractivity contribution is 5.93. The van der Waals surface area contributed by atoms with Crippen LogP contribution in [0.25, 0.3) is 0 Å². The van der Waals surface area contributed by atoms with Crippen molar-refractivity contribution in [3.05, 3.63) is 24.6 Å². The number of hydrogen-bond acceptors (Lipinski definition) is 6. The van der Waals surface area contributed by atoms with Gasteiger partial charge in [0.1, 0.15) is 5.56 Å². The van der Waals surface area contributed by atoms with Crippen molar-refractivity contribution < 1.29 is 28.8 Å². The molecule has 0 aliphatic carbocycles. The fourth-order valence-corrected chi connectivity index (χ4v) is 1.46. The normalized spacial score (nSPS) is 9.89. The monoisotopic (exact) mass is 269 g/mol. The number of benzene rings is 1. The van der Waals surface area contributed by atoms with Crippen molar-refractivity contribution in [2.24, 2.45) is 0 Å². The molecule has 0 unspecified atom stereocenters. The first kappa shape index (κ1) is 15.1. The molecule has 0 aliphatic heterocycles. The van der Waals surface area contributed by atoms with Crippen LogP contribution in [-0.4, -0.2) is 33.9 Å². The molecule has 0 N–H and O–H groups in total. The zero-order valence-electron chi connectivity index (χ0n) is 11.2. The van der Waals surface area contributed by atoms with Gasteiger partial charge in [-0.1, -0.05) is 6.92 Å². The molecule has 0 saturated carbocycles. The van der Waals surface area contributed by atoms with Gasteiger partial charge in [-0.05, 0) is 18.6 Å². The lowest BCUT2D eigenvalue weighted by Gasteiger charge is -2.14. The van der Waals surface area contributed by atoms with Crippen LogP contribution in [-0.2, 0) is 9.78 Å². The Balaban J connectivity index is 3.03. The lowest BCUT2D eigenvalue weighted by atomic mass is 10.1. The Morgan fingerprint density at radius 1 is 1.11 bits per heavy atom. The average molecular weight is 269 g/mol. The minimum Gasteiger partial charge on any atom is -0.493 e. The van der Waals surface area contributed by atoms with Crippen molar-refractivity contribution in [3.63, 3.8) is 0 Å². The van der Waals surface area contributed by atoms with E-state index in [-0.39, 0.29) is 17.9 Å². The summed E-state index contributed by atoms with van der Waals surface area (Å²) in [7, 11) is 4.37. The first-order valence-electron chi connectivity index (χ1n) is 5.61. The van der Waals surface area contributed by atoms with E-state index in [0.29, 0.717) is 17.9 Å². The van der Waals surface area contributed by atoms with E-state index >= 15 is 0 Å². The van der Waals surface area contributed by atoms with Crippen molar-refractivity contribution in [1.29, 1.82) is 0 Å². The molecule has 1 aromatic rings. The third-order valence-corrected chi connectivity index (χ3v) is 2.29. The minimum atomic E-state index is -0.675. The van der Waals surface area contributed by atoms with Gasteiger partial charge < -0.3 is 14.2 Å². The lowest BCUT2D eigenvalue weighted by Crippen LogP contribution is -2.09. The van der Waals surface area contributed by atoms with E-state index in [2.05, 4.69) is 16.7 Å². The maximum Gasteiger partial charge on any atom is 0.376 e. The molecule has 1 aromatic carbocycles. The summed E-state index contributed by atoms with van der Waals surface area (Å²) in [6, 6.07) is 3.09. The summed E-state index contributed by atoms with van der Waals surface area (Å²) in [5, 5.41) is 0. The van der Waals surface area contributed by atoms with Crippen molar-refractivity contribution >= 4 is 5.97 Å². The smallest absolute Gasteiger partial charge is 0.376 e. The Labute approximate surface area is 112 Å². The van der Waals surface area contributed by atoms with Crippen LogP contribution in [0.5, 0.6) is 17.2 Å². The first-order valence-corrected chi connectivity index (χ1v) is 5.61. The summed E-state index contributed by atoms with van der Waals surface area (Å²) in [6.45, 7) is 3.79. The molecule has 0 fully saturated rings. The third kappa shape index (κ3) is 3.51. The highest BCUT2D eigenvalue weighted by atomic mass is 17.2. The number of rotatable bonds is 7. The fourth-order valence-electron chi connectivity index (χ4n) is 1.46. The molecule has 0 heterocycles. The largest absolute Gasteiger partial charge is 0.493 e. The molecule has 105 valence electrons. The van der Waals surface area contributed by atoms with Gasteiger partial charge in [0.05, 0.1) is 27.9 Å². The van der Waals surface area contributed by atoms with Crippen molar-refractivity contribution in [2.45, 2.75) is 6.42 Å². The summed E-state index contributed by atoms with van der Waals surface area (Å²) in [5.41, 5.74) is 0.184. The highest BCUT2D eigenvalue weighted by Gasteiger charge is 2.22. The zero-order chi connectivity index (χ0) is 14.3. The number of hydrogen-bond donors (Lipinski definition) is 0. The standard InChI is InChI=1S/C13H17O6/c1-5-8-18-19-13(14)9-6-7-10(15-2)12(17-4)11(9)16-3/h6-7H,1,5,8H2,2-4H3. The predicted molar refractivity (Wildman–Crippen MR) is 67.4 cm³/mol. The lowest BCUT2D eigenvalue weighted by molar-refractivity contribution is -0.239. The first-order chi connectivity index (χ1) is 9.19. The molecule has 19 heavy (non-hydrogen) atoms. The molecule has 0 aliphatic rings. The second kappa shape index (κ2) is 7.48. The van der Waals surface area contributed by atoms with Gasteiger partial charge in [0.15, 0.2) is 11.5 Å². The quantitative estimate of drug-likeness (QED) is 0.429. The minimum absolute atomic E-state index is 0.184. The Hall–Kier alpha value is -1.95. The van der Waals surface area contributed by atoms with Crippen LogP contribution in [0.15, 0.2) is 12.1 Å². The molecular formula is C13H17O6. The van der Waals surface area contributed by atoms with Gasteiger partial charge in [-0.2, -0.15) is 4.89 Å². The second-order valence-electron chi connectivity index (χ2n) is 3.43. The van der Waals surface area contributed by atoms with E-state index < -0.39 is 5.97 Å². The van der Waals surface area contributed by atoms with Crippen LogP contribution < -0.4 is 14.2 Å². The van der Waals surface area contributed by atoms with Gasteiger partial charge in [0, 0.05) is 0 Å². The summed E-state index contributed by atoms with van der Waals surface area (Å²) >= 11 is 0. The molecule has 1 radical (unpaired) electrons. The van der Waals surface area contributed by atoms with Gasteiger partial charge in [-0.3, -0.25) is 4.89 Å². The third-order valence-electron chi connectivity index (χ3n) is 2.29. The Kier molecular flexibility index (Phi) is 5.95. The van der Waals surface area contributed by atoms with Crippen LogP contribution in [0.3, 0.4) is 0 Å². The number of carbonyl (C=O) groups is 1. The van der Waals surface area contributed by atoms with Crippen LogP contribution in [0.2, 0.25) is 0 Å². The molecule has 0 saturated heterocycles. The number of ether oxygens (including phenoxy) is 3. The Morgan fingerprint density at radius 3 is 2.32 bits per heavy atom. The maximum atomic E-state index is 11.8. The van der Waals surface area contributed by atoms with Crippen LogP contribution in [0, 0.1) is 6.92 Å². The molecule has 1 rings (SSSR count). The summed E-state index contributed by atoms with van der Waals surface area (Å²) in [6.07, 6.45) is 0.496. The van der Waals surface area contributed by atoms with Crippen LogP contribution in [0.1, 0.15) is 16.8 Å². The van der Waals surface area contributed by atoms with Crippen LogP contribution in [0.4, 0.5) is 0 Å². The predicted octanol–water partition coefficient (Wildman–Crippen LogP) is 2.02. The highest BCUT2D eigenvalue weighted by Crippen LogP contribution is 2.39. The summed E-state index contributed by atoms with van der Waals surface area (Å²) in [4.78, 5) is 21.1. The summed E-state index contributed by atoms with van der Waals surface area (Å²) in [5.74, 6) is 0.322. The maximum absolute atomic E-state index is 11.8. The van der Waals surface area contributed by atoms with E-state index in [1.807, 2.05) is 0 Å². The molecule has 6 heteroatoms. The van der Waals surface area contributed by atoms with Gasteiger partial charge >= 0.3 is 5.97 Å². The SMILES string of the molecule is [CH2]CCOOC(=O)c1ccc(OC)c(OC)c1OC. The molecule has 0 bridgehead atoms. The molecule has 0 aromatic heterocycles. The average Bonchev–Trinajstić information content (AvgIpc) is 2.45. The topological polar surface area (TPSA) is 63.2 Å². The zero-order valence-corrected chi connectivity index (χ0v) is 11.2. The van der Waals surface area contributed by atoms with E-state index in [1.54, 1.807) is 6.07 Å². The van der Waals surface area contributed by atoms with Gasteiger partial charge in [0.2, 0.25) is 5.75 Å². The Morgan fingerprint density at radius 2 is 1.79 bits per heavy atom. The molecule has 0 amide bonds. The van der Waals surface area contributed by atoms with E-state index in [0.717, 1.165) is 0 Å². The Bertz CT molecular complexity index is 429. The van der Waals surface area contributed by atoms with E-state index in [4.69, 9.17) is 14.2 Å². The molecule has 0 atom stereocenters. The molecular weight excluding hydrogens is 252 g/mol. The van der Waals surface area contributed by atoms with Gasteiger partial charge in [-0.15, -0.1) is 0 Å². The van der Waals surface area contributed by atoms with Crippen molar-refractivity contribution in [1.82, 2.24) is 0 Å². The van der Waals surface area contributed by atoms with Crippen molar-refractivity contribution in [3.8, 4) is 17.2 Å². The van der Waals surface area contributed by atoms with E-state index in [1.165, 1.54) is 27.4 Å². The van der Waals surface area contributed by atoms with Gasteiger partial charge in [0.25, 0.3) is 0 Å². The van der Waals surface area contributed by atoms with Gasteiger partial charge in [-0.25, -0.2) is 4.79 Å².